The van der Waals surface area contributed by atoms with Crippen LogP contribution >= 0.6 is 0 Å². The first kappa shape index (κ1) is 13.2. The third kappa shape index (κ3) is 2.21. The fraction of sp³-hybridized carbons (Fsp3) is 0.267. The van der Waals surface area contributed by atoms with Crippen molar-refractivity contribution in [2.24, 2.45) is 0 Å². The Labute approximate surface area is 111 Å². The highest BCUT2D eigenvalue weighted by Gasteiger charge is 2.33. The summed E-state index contributed by atoms with van der Waals surface area (Å²) < 4.78 is 5.02. The van der Waals surface area contributed by atoms with Crippen LogP contribution in [0.1, 0.15) is 41.5 Å². The predicted octanol–water partition coefficient (Wildman–Crippen LogP) is 2.33. The van der Waals surface area contributed by atoms with Crippen molar-refractivity contribution < 1.29 is 19.1 Å². The lowest BCUT2D eigenvalue weighted by Crippen LogP contribution is -2.29. The molecule has 19 heavy (non-hydrogen) atoms. The predicted molar refractivity (Wildman–Crippen MR) is 69.0 cm³/mol. The summed E-state index contributed by atoms with van der Waals surface area (Å²) in [6, 6.07) is 6.67. The molecule has 98 valence electrons. The number of Topliss-reactive ketones (excluding diaryl/α,β-unsaturated/α-hetero) is 2. The molecule has 1 aliphatic carbocycles. The molecule has 0 heterocycles. The lowest BCUT2D eigenvalue weighted by atomic mass is 9.83. The van der Waals surface area contributed by atoms with Gasteiger partial charge in [0, 0.05) is 29.2 Å². The highest BCUT2D eigenvalue weighted by Crippen LogP contribution is 2.28. The van der Waals surface area contributed by atoms with Gasteiger partial charge in [0.25, 0.3) is 0 Å². The summed E-state index contributed by atoms with van der Waals surface area (Å²) in [4.78, 5) is 35.6. The van der Waals surface area contributed by atoms with Crippen LogP contribution in [-0.2, 0) is 9.53 Å². The van der Waals surface area contributed by atoms with Gasteiger partial charge in [0.2, 0.25) is 0 Å². The number of carbonyl (C=O) groups is 3. The second-order valence-corrected chi connectivity index (χ2v) is 4.49. The number of hydrogen-bond acceptors (Lipinski definition) is 4. The van der Waals surface area contributed by atoms with Crippen LogP contribution in [0.4, 0.5) is 0 Å². The highest BCUT2D eigenvalue weighted by molar-refractivity contribution is 6.27. The van der Waals surface area contributed by atoms with Gasteiger partial charge < -0.3 is 4.74 Å². The van der Waals surface area contributed by atoms with Gasteiger partial charge in [-0.3, -0.25) is 14.4 Å². The highest BCUT2D eigenvalue weighted by atomic mass is 16.5. The molecule has 0 bridgehead atoms. The summed E-state index contributed by atoms with van der Waals surface area (Å²) >= 11 is 0. The van der Waals surface area contributed by atoms with E-state index in [-0.39, 0.29) is 17.1 Å². The van der Waals surface area contributed by atoms with E-state index in [0.29, 0.717) is 16.7 Å². The van der Waals surface area contributed by atoms with Gasteiger partial charge >= 0.3 is 5.97 Å². The van der Waals surface area contributed by atoms with Gasteiger partial charge in [-0.05, 0) is 13.8 Å². The van der Waals surface area contributed by atoms with Crippen LogP contribution in [0.5, 0.6) is 0 Å². The minimum Gasteiger partial charge on any atom is -0.458 e. The third-order valence-electron chi connectivity index (χ3n) is 3.15. The summed E-state index contributed by atoms with van der Waals surface area (Å²) in [5.74, 6) is -0.919. The van der Waals surface area contributed by atoms with Gasteiger partial charge in [0.05, 0.1) is 0 Å². The first-order chi connectivity index (χ1) is 8.93. The van der Waals surface area contributed by atoms with Gasteiger partial charge in [-0.2, -0.15) is 0 Å². The van der Waals surface area contributed by atoms with Gasteiger partial charge in [-0.15, -0.1) is 0 Å². The number of rotatable bonds is 2. The minimum atomic E-state index is -0.720. The summed E-state index contributed by atoms with van der Waals surface area (Å²) in [5.41, 5.74) is 1.38. The molecule has 0 fully saturated rings. The Balaban J connectivity index is 2.51. The van der Waals surface area contributed by atoms with Crippen LogP contribution in [0.25, 0.3) is 0 Å². The van der Waals surface area contributed by atoms with E-state index < -0.39 is 12.1 Å². The molecule has 0 saturated heterocycles. The third-order valence-corrected chi connectivity index (χ3v) is 3.15. The second kappa shape index (κ2) is 4.80. The van der Waals surface area contributed by atoms with E-state index in [1.54, 1.807) is 38.1 Å². The van der Waals surface area contributed by atoms with E-state index in [1.165, 1.54) is 6.92 Å². The van der Waals surface area contributed by atoms with Crippen molar-refractivity contribution in [1.82, 2.24) is 0 Å². The number of carbonyl (C=O) groups excluding carboxylic acids is 3. The van der Waals surface area contributed by atoms with E-state index in [2.05, 4.69) is 0 Å². The summed E-state index contributed by atoms with van der Waals surface area (Å²) in [5, 5.41) is 0. The summed E-state index contributed by atoms with van der Waals surface area (Å²) in [6.45, 7) is 4.46. The molecule has 4 heteroatoms. The first-order valence-corrected chi connectivity index (χ1v) is 6.00. The molecule has 1 aliphatic rings. The number of benzene rings is 1. The van der Waals surface area contributed by atoms with Gasteiger partial charge in [0.15, 0.2) is 11.6 Å². The number of ketones is 2. The van der Waals surface area contributed by atoms with Crippen LogP contribution < -0.4 is 0 Å². The summed E-state index contributed by atoms with van der Waals surface area (Å²) in [7, 11) is 0. The molecule has 2 rings (SSSR count). The van der Waals surface area contributed by atoms with E-state index in [9.17, 15) is 14.4 Å². The smallest absolute Gasteiger partial charge is 0.303 e. The Kier molecular flexibility index (Phi) is 3.34. The number of ether oxygens (including phenoxy) is 1. The maximum absolute atomic E-state index is 12.4. The van der Waals surface area contributed by atoms with E-state index >= 15 is 0 Å². The molecule has 0 aromatic heterocycles. The average molecular weight is 258 g/mol. The van der Waals surface area contributed by atoms with Crippen molar-refractivity contribution in [3.05, 3.63) is 46.5 Å². The molecule has 0 aliphatic heterocycles. The number of hydrogen-bond donors (Lipinski definition) is 0. The van der Waals surface area contributed by atoms with Crippen molar-refractivity contribution in [3.63, 3.8) is 0 Å². The SMILES string of the molecule is CC(=O)OC(C)C1=C(C)C(=O)c2ccccc2C1=O. The molecule has 1 aromatic carbocycles. The fourth-order valence-corrected chi connectivity index (χ4v) is 2.32. The monoisotopic (exact) mass is 258 g/mol. The topological polar surface area (TPSA) is 60.4 Å². The largest absolute Gasteiger partial charge is 0.458 e. The second-order valence-electron chi connectivity index (χ2n) is 4.49. The zero-order valence-electron chi connectivity index (χ0n) is 11.0. The number of allylic oxidation sites excluding steroid dienone is 1. The fourth-order valence-electron chi connectivity index (χ4n) is 2.32. The number of esters is 1. The van der Waals surface area contributed by atoms with Crippen LogP contribution in [0.3, 0.4) is 0 Å². The van der Waals surface area contributed by atoms with Crippen LogP contribution in [0.15, 0.2) is 35.4 Å². The minimum absolute atomic E-state index is 0.191. The van der Waals surface area contributed by atoms with Crippen molar-refractivity contribution in [3.8, 4) is 0 Å². The Morgan fingerprint density at radius 1 is 1.11 bits per heavy atom. The molecule has 0 N–H and O–H groups in total. The molecule has 0 amide bonds. The Morgan fingerprint density at radius 3 is 2.16 bits per heavy atom. The Bertz CT molecular complexity index is 610. The van der Waals surface area contributed by atoms with Crippen LogP contribution in [0.2, 0.25) is 0 Å². The van der Waals surface area contributed by atoms with Crippen molar-refractivity contribution in [2.45, 2.75) is 26.9 Å². The van der Waals surface area contributed by atoms with Gasteiger partial charge in [-0.25, -0.2) is 0 Å². The lowest BCUT2D eigenvalue weighted by Gasteiger charge is -2.22. The van der Waals surface area contributed by atoms with E-state index in [1.807, 2.05) is 0 Å². The van der Waals surface area contributed by atoms with E-state index in [4.69, 9.17) is 4.74 Å². The molecule has 0 radical (unpaired) electrons. The van der Waals surface area contributed by atoms with E-state index in [0.717, 1.165) is 0 Å². The maximum atomic E-state index is 12.4. The van der Waals surface area contributed by atoms with Crippen molar-refractivity contribution in [2.75, 3.05) is 0 Å². The standard InChI is InChI=1S/C15H14O4/c1-8-13(9(2)19-10(3)16)15(18)12-7-5-4-6-11(12)14(8)17/h4-7,9H,1-3H3. The molecule has 1 aromatic rings. The molecule has 0 saturated carbocycles. The Hall–Kier alpha value is -2.23. The van der Waals surface area contributed by atoms with Crippen molar-refractivity contribution >= 4 is 17.5 Å². The first-order valence-electron chi connectivity index (χ1n) is 6.00. The lowest BCUT2D eigenvalue weighted by molar-refractivity contribution is -0.143. The maximum Gasteiger partial charge on any atom is 0.303 e. The zero-order chi connectivity index (χ0) is 14.2. The average Bonchev–Trinajstić information content (AvgIpc) is 2.35. The van der Waals surface area contributed by atoms with Crippen LogP contribution in [0, 0.1) is 0 Å². The molecule has 0 spiro atoms. The normalized spacial score (nSPS) is 16.2. The molecular weight excluding hydrogens is 244 g/mol. The molecule has 1 unspecified atom stereocenters. The van der Waals surface area contributed by atoms with Crippen LogP contribution in [-0.4, -0.2) is 23.6 Å². The zero-order valence-corrected chi connectivity index (χ0v) is 11.0. The van der Waals surface area contributed by atoms with Crippen molar-refractivity contribution in [1.29, 1.82) is 0 Å². The summed E-state index contributed by atoms with van der Waals surface area (Å²) in [6.07, 6.45) is -0.720. The van der Waals surface area contributed by atoms with Gasteiger partial charge in [-0.1, -0.05) is 24.3 Å². The molecule has 4 nitrogen and oxygen atoms in total. The van der Waals surface area contributed by atoms with Gasteiger partial charge in [0.1, 0.15) is 6.10 Å². The molecule has 1 atom stereocenters. The molecular formula is C15H14O4. The Morgan fingerprint density at radius 2 is 1.63 bits per heavy atom. The number of fused-ring (bicyclic) bond motifs is 1. The quantitative estimate of drug-likeness (QED) is 0.764.